The number of hydrogen-bond donors (Lipinski definition) is 0. The van der Waals surface area contributed by atoms with E-state index in [2.05, 4.69) is 0 Å². The third-order valence-corrected chi connectivity index (χ3v) is 4.46. The van der Waals surface area contributed by atoms with Crippen molar-refractivity contribution in [1.29, 1.82) is 0 Å². The third-order valence-electron chi connectivity index (χ3n) is 2.64. The van der Waals surface area contributed by atoms with Gasteiger partial charge in [0.1, 0.15) is 0 Å². The molecule has 1 aliphatic carbocycles. The van der Waals surface area contributed by atoms with Crippen LogP contribution in [0.25, 0.3) is 0 Å². The molecular weight excluding hydrogens is 168 g/mol. The summed E-state index contributed by atoms with van der Waals surface area (Å²) in [4.78, 5) is 0. The van der Waals surface area contributed by atoms with Crippen LogP contribution in [0.5, 0.6) is 0 Å². The van der Waals surface area contributed by atoms with Gasteiger partial charge >= 0.3 is 9.28 Å². The van der Waals surface area contributed by atoms with E-state index >= 15 is 0 Å². The Bertz CT molecular complexity index is 109. The van der Waals surface area contributed by atoms with E-state index in [1.54, 1.807) is 14.2 Å². The molecule has 0 unspecified atom stereocenters. The molecule has 3 heteroatoms. The van der Waals surface area contributed by atoms with Crippen LogP contribution in [-0.2, 0) is 8.85 Å². The SMILES string of the molecule is CO[Si](CC1CCCCC1)OC. The van der Waals surface area contributed by atoms with Crippen LogP contribution in [-0.4, -0.2) is 23.5 Å². The molecule has 0 N–H and O–H groups in total. The maximum Gasteiger partial charge on any atom is 0.384 e. The highest BCUT2D eigenvalue weighted by Crippen LogP contribution is 2.27. The van der Waals surface area contributed by atoms with Crippen molar-refractivity contribution in [3.63, 3.8) is 0 Å². The molecule has 0 heterocycles. The molecule has 1 rings (SSSR count). The van der Waals surface area contributed by atoms with Gasteiger partial charge in [0, 0.05) is 14.2 Å². The first-order chi connectivity index (χ1) is 5.86. The molecule has 12 heavy (non-hydrogen) atoms. The molecule has 1 aliphatic rings. The Morgan fingerprint density at radius 2 is 1.67 bits per heavy atom. The Balaban J connectivity index is 2.18. The van der Waals surface area contributed by atoms with E-state index in [9.17, 15) is 0 Å². The second-order valence-corrected chi connectivity index (χ2v) is 5.46. The molecule has 71 valence electrons. The van der Waals surface area contributed by atoms with Crippen LogP contribution in [0.4, 0.5) is 0 Å². The Kier molecular flexibility index (Phi) is 4.88. The predicted molar refractivity (Wildman–Crippen MR) is 51.2 cm³/mol. The average molecular weight is 187 g/mol. The fourth-order valence-corrected chi connectivity index (χ4v) is 3.26. The van der Waals surface area contributed by atoms with Crippen molar-refractivity contribution in [3.05, 3.63) is 0 Å². The molecule has 0 aliphatic heterocycles. The highest BCUT2D eigenvalue weighted by Gasteiger charge is 2.21. The topological polar surface area (TPSA) is 18.5 Å². The second kappa shape index (κ2) is 5.73. The Labute approximate surface area is 77.1 Å². The third kappa shape index (κ3) is 3.25. The predicted octanol–water partition coefficient (Wildman–Crippen LogP) is 2.35. The van der Waals surface area contributed by atoms with Gasteiger partial charge in [-0.05, 0) is 12.0 Å². The summed E-state index contributed by atoms with van der Waals surface area (Å²) >= 11 is 0. The standard InChI is InChI=1S/C9H19O2Si/c1-10-12(11-2)8-9-6-4-3-5-7-9/h9H,3-8H2,1-2H3. The van der Waals surface area contributed by atoms with Crippen LogP contribution in [0.2, 0.25) is 6.04 Å². The van der Waals surface area contributed by atoms with Crippen LogP contribution in [0.15, 0.2) is 0 Å². The van der Waals surface area contributed by atoms with Crippen LogP contribution in [0.3, 0.4) is 0 Å². The molecule has 0 saturated heterocycles. The van der Waals surface area contributed by atoms with Crippen molar-refractivity contribution >= 4 is 9.28 Å². The summed E-state index contributed by atoms with van der Waals surface area (Å²) in [5.41, 5.74) is 0. The normalized spacial score (nSPS) is 20.2. The molecular formula is C9H19O2Si. The minimum Gasteiger partial charge on any atom is -0.397 e. The Hall–Kier alpha value is 0.137. The lowest BCUT2D eigenvalue weighted by Crippen LogP contribution is -2.23. The maximum atomic E-state index is 5.28. The van der Waals surface area contributed by atoms with Crippen LogP contribution < -0.4 is 0 Å². The van der Waals surface area contributed by atoms with Gasteiger partial charge in [0.15, 0.2) is 0 Å². The molecule has 0 amide bonds. The zero-order chi connectivity index (χ0) is 8.81. The average Bonchev–Trinajstić information content (AvgIpc) is 2.16. The molecule has 0 bridgehead atoms. The van der Waals surface area contributed by atoms with Crippen molar-refractivity contribution in [2.24, 2.45) is 5.92 Å². The number of hydrogen-bond acceptors (Lipinski definition) is 2. The maximum absolute atomic E-state index is 5.28. The molecule has 0 aromatic heterocycles. The van der Waals surface area contributed by atoms with Crippen molar-refractivity contribution in [2.45, 2.75) is 38.1 Å². The van der Waals surface area contributed by atoms with Gasteiger partial charge in [-0.2, -0.15) is 0 Å². The lowest BCUT2D eigenvalue weighted by Gasteiger charge is -2.22. The fraction of sp³-hybridized carbons (Fsp3) is 1.00. The summed E-state index contributed by atoms with van der Waals surface area (Å²) < 4.78 is 10.6. The van der Waals surface area contributed by atoms with Crippen LogP contribution in [0.1, 0.15) is 32.1 Å². The van der Waals surface area contributed by atoms with Gasteiger partial charge in [0.05, 0.1) is 0 Å². The van der Waals surface area contributed by atoms with E-state index in [1.165, 1.54) is 38.1 Å². The smallest absolute Gasteiger partial charge is 0.384 e. The lowest BCUT2D eigenvalue weighted by molar-refractivity contribution is 0.259. The molecule has 0 spiro atoms. The first-order valence-corrected chi connectivity index (χ1v) is 6.33. The first-order valence-electron chi connectivity index (χ1n) is 4.80. The van der Waals surface area contributed by atoms with Crippen molar-refractivity contribution < 1.29 is 8.85 Å². The lowest BCUT2D eigenvalue weighted by atomic mass is 9.91. The van der Waals surface area contributed by atoms with Gasteiger partial charge in [-0.3, -0.25) is 0 Å². The summed E-state index contributed by atoms with van der Waals surface area (Å²) in [6, 6.07) is 1.18. The van der Waals surface area contributed by atoms with E-state index in [-0.39, 0.29) is 0 Å². The molecule has 1 saturated carbocycles. The Morgan fingerprint density at radius 3 is 2.17 bits per heavy atom. The molecule has 0 aromatic rings. The summed E-state index contributed by atoms with van der Waals surface area (Å²) in [7, 11) is 2.61. The van der Waals surface area contributed by atoms with E-state index in [0.717, 1.165) is 5.92 Å². The summed E-state index contributed by atoms with van der Waals surface area (Å²) in [6.45, 7) is 0. The van der Waals surface area contributed by atoms with Gasteiger partial charge in [0.25, 0.3) is 0 Å². The van der Waals surface area contributed by atoms with Crippen molar-refractivity contribution in [1.82, 2.24) is 0 Å². The van der Waals surface area contributed by atoms with Crippen molar-refractivity contribution in [2.75, 3.05) is 14.2 Å². The van der Waals surface area contributed by atoms with Gasteiger partial charge < -0.3 is 8.85 Å². The Morgan fingerprint density at radius 1 is 1.08 bits per heavy atom. The highest BCUT2D eigenvalue weighted by atomic mass is 28.3. The van der Waals surface area contributed by atoms with Gasteiger partial charge in [-0.15, -0.1) is 0 Å². The molecule has 0 atom stereocenters. The zero-order valence-electron chi connectivity index (χ0n) is 8.14. The van der Waals surface area contributed by atoms with E-state index in [1.807, 2.05) is 0 Å². The largest absolute Gasteiger partial charge is 0.397 e. The van der Waals surface area contributed by atoms with Crippen molar-refractivity contribution in [3.8, 4) is 0 Å². The fourth-order valence-electron chi connectivity index (χ4n) is 1.88. The van der Waals surface area contributed by atoms with Gasteiger partial charge in [0.2, 0.25) is 0 Å². The molecule has 2 nitrogen and oxygen atoms in total. The van der Waals surface area contributed by atoms with Gasteiger partial charge in [-0.25, -0.2) is 0 Å². The van der Waals surface area contributed by atoms with Crippen LogP contribution in [0, 0.1) is 5.92 Å². The molecule has 1 fully saturated rings. The summed E-state index contributed by atoms with van der Waals surface area (Å²) in [6.07, 6.45) is 7.03. The van der Waals surface area contributed by atoms with E-state index < -0.39 is 9.28 Å². The molecule has 0 aromatic carbocycles. The monoisotopic (exact) mass is 187 g/mol. The number of rotatable bonds is 4. The van der Waals surface area contributed by atoms with E-state index in [0.29, 0.717) is 0 Å². The molecule has 1 radical (unpaired) electrons. The quantitative estimate of drug-likeness (QED) is 0.629. The highest BCUT2D eigenvalue weighted by molar-refractivity contribution is 6.44. The minimum atomic E-state index is -0.922. The summed E-state index contributed by atoms with van der Waals surface area (Å²) in [5, 5.41) is 0. The zero-order valence-corrected chi connectivity index (χ0v) is 9.14. The van der Waals surface area contributed by atoms with Crippen LogP contribution >= 0.6 is 0 Å². The van der Waals surface area contributed by atoms with E-state index in [4.69, 9.17) is 8.85 Å². The van der Waals surface area contributed by atoms with Gasteiger partial charge in [-0.1, -0.05) is 32.1 Å². The minimum absolute atomic E-state index is 0.882. The second-order valence-electron chi connectivity index (χ2n) is 3.49. The first kappa shape index (κ1) is 10.2. The summed E-state index contributed by atoms with van der Waals surface area (Å²) in [5.74, 6) is 0.882.